The topological polar surface area (TPSA) is 59.9 Å². The molecule has 134 valence electrons. The van der Waals surface area contributed by atoms with Crippen molar-refractivity contribution in [1.82, 2.24) is 5.32 Å². The molecule has 0 aromatic heterocycles. The van der Waals surface area contributed by atoms with Crippen LogP contribution in [0.1, 0.15) is 16.7 Å². The average Bonchev–Trinajstić information content (AvgIpc) is 2.92. The number of aliphatic imine (C=N–C) groups is 1. The van der Waals surface area contributed by atoms with Crippen LogP contribution >= 0.6 is 11.8 Å². The number of nitrogens with zero attached hydrogens (tertiary/aromatic N) is 1. The van der Waals surface area contributed by atoms with E-state index in [1.165, 1.54) is 11.8 Å². The van der Waals surface area contributed by atoms with Gasteiger partial charge < -0.3 is 14.8 Å². The molecule has 0 atom stereocenters. The summed E-state index contributed by atoms with van der Waals surface area (Å²) in [6, 6.07) is 11.6. The van der Waals surface area contributed by atoms with Gasteiger partial charge in [-0.15, -0.1) is 0 Å². The maximum Gasteiger partial charge on any atom is 0.264 e. The zero-order valence-corrected chi connectivity index (χ0v) is 15.9. The predicted molar refractivity (Wildman–Crippen MR) is 106 cm³/mol. The van der Waals surface area contributed by atoms with Crippen molar-refractivity contribution >= 4 is 34.6 Å². The number of hydrogen-bond donors (Lipinski definition) is 1. The second kappa shape index (κ2) is 7.66. The number of ether oxygens (including phenoxy) is 2. The van der Waals surface area contributed by atoms with Gasteiger partial charge in [-0.3, -0.25) is 4.79 Å². The van der Waals surface area contributed by atoms with Crippen molar-refractivity contribution < 1.29 is 14.3 Å². The molecule has 1 aliphatic rings. The number of benzene rings is 2. The van der Waals surface area contributed by atoms with Crippen molar-refractivity contribution in [3.8, 4) is 11.5 Å². The van der Waals surface area contributed by atoms with E-state index in [0.717, 1.165) is 22.4 Å². The second-order valence-electron chi connectivity index (χ2n) is 5.94. The van der Waals surface area contributed by atoms with Gasteiger partial charge in [-0.2, -0.15) is 0 Å². The summed E-state index contributed by atoms with van der Waals surface area (Å²) in [5.41, 5.74) is 3.96. The molecule has 6 heteroatoms. The minimum atomic E-state index is -0.159. The molecule has 1 N–H and O–H groups in total. The fraction of sp³-hybridized carbons (Fsp3) is 0.200. The van der Waals surface area contributed by atoms with Crippen LogP contribution in [0.25, 0.3) is 6.08 Å². The molecule has 1 amide bonds. The van der Waals surface area contributed by atoms with Crippen molar-refractivity contribution in [3.63, 3.8) is 0 Å². The molecular weight excluding hydrogens is 348 g/mol. The monoisotopic (exact) mass is 368 g/mol. The third kappa shape index (κ3) is 4.08. The van der Waals surface area contributed by atoms with E-state index in [0.29, 0.717) is 21.6 Å². The van der Waals surface area contributed by atoms with E-state index in [2.05, 4.69) is 16.4 Å². The highest BCUT2D eigenvalue weighted by atomic mass is 32.2. The van der Waals surface area contributed by atoms with Gasteiger partial charge in [0.05, 0.1) is 24.8 Å². The highest BCUT2D eigenvalue weighted by Crippen LogP contribution is 2.32. The van der Waals surface area contributed by atoms with Crippen molar-refractivity contribution in [2.24, 2.45) is 4.99 Å². The molecule has 0 saturated carbocycles. The fourth-order valence-corrected chi connectivity index (χ4v) is 3.55. The first-order valence-electron chi connectivity index (χ1n) is 8.08. The molecule has 0 bridgehead atoms. The number of nitrogens with one attached hydrogen (secondary N) is 1. The molecule has 1 saturated heterocycles. The summed E-state index contributed by atoms with van der Waals surface area (Å²) >= 11 is 1.32. The SMILES string of the molecule is COc1ccc(/C=C2/SC(=Nc3cc(C)cc(C)c3)NC2=O)cc1OC. The van der Waals surface area contributed by atoms with Gasteiger partial charge in [0.15, 0.2) is 16.7 Å². The Kier molecular flexibility index (Phi) is 5.32. The predicted octanol–water partition coefficient (Wildman–Crippen LogP) is 4.21. The maximum atomic E-state index is 12.3. The van der Waals surface area contributed by atoms with Gasteiger partial charge in [-0.1, -0.05) is 12.1 Å². The lowest BCUT2D eigenvalue weighted by Crippen LogP contribution is -2.19. The van der Waals surface area contributed by atoms with Gasteiger partial charge >= 0.3 is 0 Å². The molecule has 3 rings (SSSR count). The number of carbonyl (C=O) groups excluding carboxylic acids is 1. The summed E-state index contributed by atoms with van der Waals surface area (Å²) < 4.78 is 10.5. The quantitative estimate of drug-likeness (QED) is 0.821. The van der Waals surface area contributed by atoms with Gasteiger partial charge in [0, 0.05) is 0 Å². The van der Waals surface area contributed by atoms with Crippen LogP contribution in [0, 0.1) is 13.8 Å². The number of thioether (sulfide) groups is 1. The lowest BCUT2D eigenvalue weighted by Gasteiger charge is -2.07. The Hall–Kier alpha value is -2.73. The van der Waals surface area contributed by atoms with E-state index < -0.39 is 0 Å². The first kappa shape index (κ1) is 18.1. The summed E-state index contributed by atoms with van der Waals surface area (Å²) in [5.74, 6) is 1.11. The first-order valence-corrected chi connectivity index (χ1v) is 8.90. The number of methoxy groups -OCH3 is 2. The van der Waals surface area contributed by atoms with Crippen LogP contribution in [0.2, 0.25) is 0 Å². The Morgan fingerprint density at radius 3 is 2.35 bits per heavy atom. The van der Waals surface area contributed by atoms with Gasteiger partial charge in [-0.25, -0.2) is 4.99 Å². The molecule has 0 unspecified atom stereocenters. The normalized spacial score (nSPS) is 16.8. The lowest BCUT2D eigenvalue weighted by atomic mass is 10.1. The van der Waals surface area contributed by atoms with E-state index >= 15 is 0 Å². The summed E-state index contributed by atoms with van der Waals surface area (Å²) in [4.78, 5) is 17.4. The van der Waals surface area contributed by atoms with E-state index in [-0.39, 0.29) is 5.91 Å². The molecule has 0 radical (unpaired) electrons. The molecule has 0 aliphatic carbocycles. The minimum absolute atomic E-state index is 0.159. The molecule has 5 nitrogen and oxygen atoms in total. The number of rotatable bonds is 4. The summed E-state index contributed by atoms with van der Waals surface area (Å²) in [7, 11) is 3.17. The van der Waals surface area contributed by atoms with Crippen molar-refractivity contribution in [2.45, 2.75) is 13.8 Å². The van der Waals surface area contributed by atoms with E-state index in [4.69, 9.17) is 9.47 Å². The molecular formula is C20H20N2O3S. The van der Waals surface area contributed by atoms with Crippen LogP contribution in [0.4, 0.5) is 5.69 Å². The lowest BCUT2D eigenvalue weighted by molar-refractivity contribution is -0.115. The van der Waals surface area contributed by atoms with Crippen molar-refractivity contribution in [1.29, 1.82) is 0 Å². The third-order valence-corrected chi connectivity index (χ3v) is 4.70. The van der Waals surface area contributed by atoms with Crippen LogP contribution < -0.4 is 14.8 Å². The van der Waals surface area contributed by atoms with Crippen LogP contribution in [-0.2, 0) is 4.79 Å². The number of aryl methyl sites for hydroxylation is 2. The Bertz CT molecular complexity index is 899. The van der Waals surface area contributed by atoms with Gasteiger partial charge in [0.1, 0.15) is 0 Å². The third-order valence-electron chi connectivity index (χ3n) is 3.79. The molecule has 0 spiro atoms. The highest BCUT2D eigenvalue weighted by molar-refractivity contribution is 8.18. The molecule has 1 heterocycles. The molecule has 2 aromatic carbocycles. The summed E-state index contributed by atoms with van der Waals surface area (Å²) in [6.45, 7) is 4.05. The van der Waals surface area contributed by atoms with Crippen LogP contribution in [0.3, 0.4) is 0 Å². The zero-order valence-electron chi connectivity index (χ0n) is 15.1. The van der Waals surface area contributed by atoms with E-state index in [9.17, 15) is 4.79 Å². The van der Waals surface area contributed by atoms with E-state index in [1.807, 2.05) is 50.3 Å². The summed E-state index contributed by atoms with van der Waals surface area (Å²) in [6.07, 6.45) is 1.81. The largest absolute Gasteiger partial charge is 0.493 e. The second-order valence-corrected chi connectivity index (χ2v) is 6.97. The van der Waals surface area contributed by atoms with Crippen LogP contribution in [0.15, 0.2) is 46.3 Å². The molecule has 1 aliphatic heterocycles. The van der Waals surface area contributed by atoms with Crippen molar-refractivity contribution in [2.75, 3.05) is 14.2 Å². The van der Waals surface area contributed by atoms with Gasteiger partial charge in [0.2, 0.25) is 0 Å². The first-order chi connectivity index (χ1) is 12.5. The van der Waals surface area contributed by atoms with E-state index in [1.54, 1.807) is 14.2 Å². The number of carbonyl (C=O) groups is 1. The number of amides is 1. The molecule has 26 heavy (non-hydrogen) atoms. The smallest absolute Gasteiger partial charge is 0.264 e. The fourth-order valence-electron chi connectivity index (χ4n) is 2.71. The maximum absolute atomic E-state index is 12.3. The summed E-state index contributed by atoms with van der Waals surface area (Å²) in [5, 5.41) is 3.39. The Morgan fingerprint density at radius 2 is 1.69 bits per heavy atom. The number of amidine groups is 1. The van der Waals surface area contributed by atoms with Crippen molar-refractivity contribution in [3.05, 3.63) is 58.0 Å². The van der Waals surface area contributed by atoms with Gasteiger partial charge in [0.25, 0.3) is 5.91 Å². The molecule has 2 aromatic rings. The van der Waals surface area contributed by atoms with Gasteiger partial charge in [-0.05, 0) is 72.6 Å². The minimum Gasteiger partial charge on any atom is -0.493 e. The van der Waals surface area contributed by atoms with Crippen LogP contribution in [0.5, 0.6) is 11.5 Å². The Balaban J connectivity index is 1.85. The Labute approximate surface area is 157 Å². The van der Waals surface area contributed by atoms with Crippen LogP contribution in [-0.4, -0.2) is 25.3 Å². The highest BCUT2D eigenvalue weighted by Gasteiger charge is 2.24. The zero-order chi connectivity index (χ0) is 18.7. The Morgan fingerprint density at radius 1 is 1.00 bits per heavy atom. The number of hydrogen-bond acceptors (Lipinski definition) is 5. The average molecular weight is 368 g/mol. The molecule has 1 fully saturated rings. The standard InChI is InChI=1S/C20H20N2O3S/c1-12-7-13(2)9-15(8-12)21-20-22-19(23)18(26-20)11-14-5-6-16(24-3)17(10-14)25-4/h5-11H,1-4H3,(H,21,22,23)/b18-11+.